The number of ether oxygens (including phenoxy) is 1. The number of methoxy groups -OCH3 is 1. The minimum absolute atomic E-state index is 0.330. The van der Waals surface area contributed by atoms with Gasteiger partial charge in [0, 0.05) is 26.2 Å². The van der Waals surface area contributed by atoms with Gasteiger partial charge in [-0.25, -0.2) is 18.4 Å². The summed E-state index contributed by atoms with van der Waals surface area (Å²) >= 11 is 0. The maximum Gasteiger partial charge on any atom is 0.243 e. The molecule has 3 heterocycles. The summed E-state index contributed by atoms with van der Waals surface area (Å²) in [5.41, 5.74) is 3.99. The van der Waals surface area contributed by atoms with E-state index in [0.29, 0.717) is 48.1 Å². The fourth-order valence-electron chi connectivity index (χ4n) is 4.03. The largest absolute Gasteiger partial charge is 0.497 e. The number of nitrogens with zero attached hydrogens (tertiary/aromatic N) is 7. The smallest absolute Gasteiger partial charge is 0.243 e. The molecule has 2 aromatic carbocycles. The van der Waals surface area contributed by atoms with E-state index in [2.05, 4.69) is 20.3 Å². The second kappa shape index (κ2) is 8.65. The topological polar surface area (TPSA) is 106 Å². The number of hydrogen-bond acceptors (Lipinski definition) is 8. The van der Waals surface area contributed by atoms with Crippen LogP contribution in [0, 0.1) is 13.8 Å². The van der Waals surface area contributed by atoms with Crippen LogP contribution < -0.4 is 9.64 Å². The molecule has 176 valence electrons. The Hall–Kier alpha value is -3.57. The van der Waals surface area contributed by atoms with E-state index >= 15 is 0 Å². The van der Waals surface area contributed by atoms with Gasteiger partial charge in [-0.3, -0.25) is 0 Å². The zero-order valence-electron chi connectivity index (χ0n) is 19.2. The van der Waals surface area contributed by atoms with Crippen molar-refractivity contribution in [2.45, 2.75) is 18.7 Å². The Morgan fingerprint density at radius 2 is 1.65 bits per heavy atom. The molecular formula is C23H25N7O3S. The van der Waals surface area contributed by atoms with Gasteiger partial charge in [-0.2, -0.15) is 8.99 Å². The summed E-state index contributed by atoms with van der Waals surface area (Å²) in [5, 5.41) is 8.61. The van der Waals surface area contributed by atoms with Crippen molar-refractivity contribution in [1.29, 1.82) is 0 Å². The van der Waals surface area contributed by atoms with Crippen LogP contribution in [-0.2, 0) is 10.0 Å². The maximum absolute atomic E-state index is 13.2. The SMILES string of the molecule is COc1ccc(-n2nnc3c(N4CCN(S(=O)(=O)c5ccc(C)c(C)c5)CC4)ncnc32)cc1. The average Bonchev–Trinajstić information content (AvgIpc) is 3.30. The molecule has 0 aliphatic carbocycles. The third-order valence-corrected chi connectivity index (χ3v) is 8.08. The van der Waals surface area contributed by atoms with Gasteiger partial charge < -0.3 is 9.64 Å². The molecule has 5 rings (SSSR count). The van der Waals surface area contributed by atoms with Gasteiger partial charge >= 0.3 is 0 Å². The number of piperazine rings is 1. The number of hydrogen-bond donors (Lipinski definition) is 0. The molecule has 0 atom stereocenters. The van der Waals surface area contributed by atoms with Gasteiger partial charge in [-0.1, -0.05) is 11.3 Å². The van der Waals surface area contributed by atoms with E-state index in [4.69, 9.17) is 4.74 Å². The highest BCUT2D eigenvalue weighted by molar-refractivity contribution is 7.89. The second-order valence-electron chi connectivity index (χ2n) is 8.21. The van der Waals surface area contributed by atoms with Gasteiger partial charge in [0.15, 0.2) is 17.0 Å². The molecule has 11 heteroatoms. The van der Waals surface area contributed by atoms with Gasteiger partial charge in [0.2, 0.25) is 10.0 Å². The highest BCUT2D eigenvalue weighted by atomic mass is 32.2. The summed E-state index contributed by atoms with van der Waals surface area (Å²) in [6.07, 6.45) is 1.49. The van der Waals surface area contributed by atoms with Crippen LogP contribution in [0.3, 0.4) is 0 Å². The first-order valence-corrected chi connectivity index (χ1v) is 12.4. The van der Waals surface area contributed by atoms with E-state index in [0.717, 1.165) is 22.6 Å². The van der Waals surface area contributed by atoms with Crippen molar-refractivity contribution < 1.29 is 13.2 Å². The summed E-state index contributed by atoms with van der Waals surface area (Å²) in [6.45, 7) is 5.58. The molecule has 0 amide bonds. The van der Waals surface area contributed by atoms with Gasteiger partial charge in [-0.15, -0.1) is 5.10 Å². The molecule has 1 aliphatic heterocycles. The molecule has 1 fully saturated rings. The molecule has 2 aromatic heterocycles. The Kier molecular flexibility index (Phi) is 5.66. The number of aromatic nitrogens is 5. The lowest BCUT2D eigenvalue weighted by Gasteiger charge is -2.34. The van der Waals surface area contributed by atoms with Crippen LogP contribution in [-0.4, -0.2) is 71.0 Å². The first-order chi connectivity index (χ1) is 16.4. The summed E-state index contributed by atoms with van der Waals surface area (Å²) in [4.78, 5) is 11.2. The van der Waals surface area contributed by atoms with E-state index in [1.54, 1.807) is 23.9 Å². The number of aryl methyl sites for hydroxylation is 2. The standard InChI is InChI=1S/C23H25N7O3S/c1-16-4-9-20(14-17(16)2)34(31,32)29-12-10-28(11-13-29)22-21-23(25-15-24-22)30(27-26-21)18-5-7-19(33-3)8-6-18/h4-9,14-15H,10-13H2,1-3H3. The molecule has 34 heavy (non-hydrogen) atoms. The van der Waals surface area contributed by atoms with Crippen LogP contribution in [0.2, 0.25) is 0 Å². The highest BCUT2D eigenvalue weighted by Gasteiger charge is 2.30. The van der Waals surface area contributed by atoms with Crippen LogP contribution in [0.25, 0.3) is 16.9 Å². The van der Waals surface area contributed by atoms with Gasteiger partial charge in [0.25, 0.3) is 0 Å². The normalized spacial score (nSPS) is 15.1. The Morgan fingerprint density at radius 1 is 0.912 bits per heavy atom. The molecule has 10 nitrogen and oxygen atoms in total. The van der Waals surface area contributed by atoms with Crippen molar-refractivity contribution >= 4 is 27.0 Å². The fourth-order valence-corrected chi connectivity index (χ4v) is 5.54. The molecule has 0 unspecified atom stereocenters. The van der Waals surface area contributed by atoms with Crippen molar-refractivity contribution in [3.8, 4) is 11.4 Å². The molecule has 1 saturated heterocycles. The molecule has 0 radical (unpaired) electrons. The lowest BCUT2D eigenvalue weighted by molar-refractivity contribution is 0.384. The lowest BCUT2D eigenvalue weighted by atomic mass is 10.1. The molecule has 1 aliphatic rings. The molecule has 0 spiro atoms. The summed E-state index contributed by atoms with van der Waals surface area (Å²) in [7, 11) is -1.94. The number of rotatable bonds is 5. The van der Waals surface area contributed by atoms with Crippen LogP contribution in [0.5, 0.6) is 5.75 Å². The van der Waals surface area contributed by atoms with Crippen molar-refractivity contribution in [1.82, 2.24) is 29.3 Å². The lowest BCUT2D eigenvalue weighted by Crippen LogP contribution is -2.49. The van der Waals surface area contributed by atoms with E-state index in [9.17, 15) is 8.42 Å². The van der Waals surface area contributed by atoms with E-state index in [-0.39, 0.29) is 0 Å². The molecule has 0 saturated carbocycles. The van der Waals surface area contributed by atoms with Crippen molar-refractivity contribution in [3.05, 3.63) is 59.9 Å². The first kappa shape index (κ1) is 22.2. The van der Waals surface area contributed by atoms with E-state index < -0.39 is 10.0 Å². The fraction of sp³-hybridized carbons (Fsp3) is 0.304. The minimum Gasteiger partial charge on any atom is -0.497 e. The first-order valence-electron chi connectivity index (χ1n) is 10.9. The third kappa shape index (κ3) is 3.86. The van der Waals surface area contributed by atoms with Gasteiger partial charge in [0.1, 0.15) is 12.1 Å². The predicted octanol–water partition coefficient (Wildman–Crippen LogP) is 2.35. The number of fused-ring (bicyclic) bond motifs is 1. The third-order valence-electron chi connectivity index (χ3n) is 6.19. The monoisotopic (exact) mass is 479 g/mol. The summed E-state index contributed by atoms with van der Waals surface area (Å²) < 4.78 is 34.7. The van der Waals surface area contributed by atoms with Crippen molar-refractivity contribution in [2.24, 2.45) is 0 Å². The van der Waals surface area contributed by atoms with Crippen LogP contribution in [0.4, 0.5) is 5.82 Å². The van der Waals surface area contributed by atoms with Crippen LogP contribution >= 0.6 is 0 Å². The number of sulfonamides is 1. The predicted molar refractivity (Wildman–Crippen MR) is 128 cm³/mol. The Morgan fingerprint density at radius 3 is 2.32 bits per heavy atom. The van der Waals surface area contributed by atoms with Crippen molar-refractivity contribution in [3.63, 3.8) is 0 Å². The Balaban J connectivity index is 1.37. The Bertz CT molecular complexity index is 1440. The maximum atomic E-state index is 13.2. The van der Waals surface area contributed by atoms with Crippen LogP contribution in [0.1, 0.15) is 11.1 Å². The highest BCUT2D eigenvalue weighted by Crippen LogP contribution is 2.26. The quantitative estimate of drug-likeness (QED) is 0.429. The van der Waals surface area contributed by atoms with Gasteiger partial charge in [-0.05, 0) is 61.4 Å². The van der Waals surface area contributed by atoms with E-state index in [1.165, 1.54) is 10.6 Å². The Labute approximate surface area is 197 Å². The number of benzene rings is 2. The zero-order chi connectivity index (χ0) is 23.9. The number of anilines is 1. The van der Waals surface area contributed by atoms with E-state index in [1.807, 2.05) is 49.1 Å². The zero-order valence-corrected chi connectivity index (χ0v) is 20.0. The molecular weight excluding hydrogens is 454 g/mol. The second-order valence-corrected chi connectivity index (χ2v) is 10.1. The van der Waals surface area contributed by atoms with Gasteiger partial charge in [0.05, 0.1) is 17.7 Å². The van der Waals surface area contributed by atoms with Crippen LogP contribution in [0.15, 0.2) is 53.7 Å². The molecule has 0 bridgehead atoms. The average molecular weight is 480 g/mol. The summed E-state index contributed by atoms with van der Waals surface area (Å²) in [6, 6.07) is 12.7. The van der Waals surface area contributed by atoms with Crippen molar-refractivity contribution in [2.75, 3.05) is 38.2 Å². The summed E-state index contributed by atoms with van der Waals surface area (Å²) in [5.74, 6) is 1.39. The molecule has 0 N–H and O–H groups in total. The minimum atomic E-state index is -3.56. The molecule has 4 aromatic rings.